The molecule has 1 N–H and O–H groups in total. The van der Waals surface area contributed by atoms with Gasteiger partial charge in [0, 0.05) is 0 Å². The molecule has 0 aromatic heterocycles. The van der Waals surface area contributed by atoms with Gasteiger partial charge in [0.2, 0.25) is 0 Å². The van der Waals surface area contributed by atoms with Crippen LogP contribution in [-0.2, 0) is 10.0 Å². The Labute approximate surface area is 127 Å². The van der Waals surface area contributed by atoms with E-state index in [1.807, 2.05) is 0 Å². The van der Waals surface area contributed by atoms with Gasteiger partial charge in [0.25, 0.3) is 10.0 Å². The monoisotopic (exact) mass is 329 g/mol. The van der Waals surface area contributed by atoms with E-state index < -0.39 is 15.8 Å². The van der Waals surface area contributed by atoms with Crippen molar-refractivity contribution in [3.8, 4) is 5.75 Å². The third-order valence-corrected chi connectivity index (χ3v) is 4.52. The van der Waals surface area contributed by atoms with Crippen molar-refractivity contribution < 1.29 is 17.5 Å². The Balaban J connectivity index is 2.32. The van der Waals surface area contributed by atoms with Crippen molar-refractivity contribution in [3.63, 3.8) is 0 Å². The number of halogens is 2. The number of aryl methyl sites for hydroxylation is 1. The minimum Gasteiger partial charge on any atom is -0.495 e. The molecule has 7 heteroatoms. The largest absolute Gasteiger partial charge is 0.495 e. The van der Waals surface area contributed by atoms with Crippen molar-refractivity contribution in [2.24, 2.45) is 0 Å². The molecule has 0 amide bonds. The van der Waals surface area contributed by atoms with Gasteiger partial charge in [-0.1, -0.05) is 11.6 Å². The van der Waals surface area contributed by atoms with Gasteiger partial charge in [-0.25, -0.2) is 12.8 Å². The second kappa shape index (κ2) is 5.91. The fourth-order valence-corrected chi connectivity index (χ4v) is 3.12. The van der Waals surface area contributed by atoms with Crippen LogP contribution in [0.25, 0.3) is 0 Å². The lowest BCUT2D eigenvalue weighted by molar-refractivity contribution is 0.415. The smallest absolute Gasteiger partial charge is 0.261 e. The normalized spacial score (nSPS) is 11.2. The molecular formula is C14H13ClFNO3S. The third-order valence-electron chi connectivity index (χ3n) is 2.84. The predicted octanol–water partition coefficient (Wildman–Crippen LogP) is 3.60. The Hall–Kier alpha value is -1.79. The molecule has 2 rings (SSSR count). The average molecular weight is 330 g/mol. The first-order valence-corrected chi connectivity index (χ1v) is 7.82. The molecule has 2 aromatic rings. The van der Waals surface area contributed by atoms with E-state index in [2.05, 4.69) is 4.72 Å². The summed E-state index contributed by atoms with van der Waals surface area (Å²) < 4.78 is 45.0. The fraction of sp³-hybridized carbons (Fsp3) is 0.143. The fourth-order valence-electron chi connectivity index (χ4n) is 1.73. The Morgan fingerprint density at radius 2 is 1.90 bits per heavy atom. The first-order chi connectivity index (χ1) is 9.83. The molecular weight excluding hydrogens is 317 g/mol. The highest BCUT2D eigenvalue weighted by atomic mass is 35.5. The lowest BCUT2D eigenvalue weighted by Crippen LogP contribution is -2.13. The van der Waals surface area contributed by atoms with Gasteiger partial charge in [-0.15, -0.1) is 0 Å². The maximum atomic E-state index is 13.2. The molecule has 0 fully saturated rings. The van der Waals surface area contributed by atoms with E-state index in [1.165, 1.54) is 38.3 Å². The van der Waals surface area contributed by atoms with Crippen molar-refractivity contribution in [2.75, 3.05) is 11.8 Å². The second-order valence-corrected chi connectivity index (χ2v) is 6.46. The molecule has 0 aliphatic rings. The zero-order valence-corrected chi connectivity index (χ0v) is 12.9. The van der Waals surface area contributed by atoms with E-state index >= 15 is 0 Å². The van der Waals surface area contributed by atoms with Crippen LogP contribution in [0.2, 0.25) is 5.02 Å². The molecule has 0 spiro atoms. The van der Waals surface area contributed by atoms with Crippen molar-refractivity contribution in [3.05, 3.63) is 52.8 Å². The van der Waals surface area contributed by atoms with Crippen molar-refractivity contribution in [1.29, 1.82) is 0 Å². The SMILES string of the molecule is COc1ccc(NS(=O)(=O)c2ccc(F)c(C)c2)cc1Cl. The number of ether oxygens (including phenoxy) is 1. The Morgan fingerprint density at radius 1 is 1.19 bits per heavy atom. The Bertz CT molecular complexity index is 778. The average Bonchev–Trinajstić information content (AvgIpc) is 2.41. The summed E-state index contributed by atoms with van der Waals surface area (Å²) in [7, 11) is -2.34. The van der Waals surface area contributed by atoms with Crippen molar-refractivity contribution >= 4 is 27.3 Å². The van der Waals surface area contributed by atoms with E-state index in [1.54, 1.807) is 6.07 Å². The first-order valence-electron chi connectivity index (χ1n) is 5.96. The molecule has 0 atom stereocenters. The molecule has 0 radical (unpaired) electrons. The van der Waals surface area contributed by atoms with Gasteiger partial charge in [0.15, 0.2) is 0 Å². The summed E-state index contributed by atoms with van der Waals surface area (Å²) in [6.07, 6.45) is 0. The lowest BCUT2D eigenvalue weighted by atomic mass is 10.2. The quantitative estimate of drug-likeness (QED) is 0.932. The van der Waals surface area contributed by atoms with Crippen LogP contribution in [0.3, 0.4) is 0 Å². The van der Waals surface area contributed by atoms with E-state index in [0.29, 0.717) is 11.4 Å². The van der Waals surface area contributed by atoms with Gasteiger partial charge < -0.3 is 4.74 Å². The molecule has 0 aliphatic carbocycles. The Morgan fingerprint density at radius 3 is 2.48 bits per heavy atom. The van der Waals surface area contributed by atoms with Crippen LogP contribution in [0, 0.1) is 12.7 Å². The van der Waals surface area contributed by atoms with E-state index in [0.717, 1.165) is 6.07 Å². The van der Waals surface area contributed by atoms with Crippen LogP contribution >= 0.6 is 11.6 Å². The number of sulfonamides is 1. The van der Waals surface area contributed by atoms with Gasteiger partial charge in [-0.3, -0.25) is 4.72 Å². The van der Waals surface area contributed by atoms with E-state index in [-0.39, 0.29) is 15.5 Å². The van der Waals surface area contributed by atoms with E-state index in [4.69, 9.17) is 16.3 Å². The summed E-state index contributed by atoms with van der Waals surface area (Å²) in [4.78, 5) is -0.0201. The molecule has 0 heterocycles. The zero-order chi connectivity index (χ0) is 15.6. The van der Waals surface area contributed by atoms with Crippen LogP contribution in [0.5, 0.6) is 5.75 Å². The highest BCUT2D eigenvalue weighted by Crippen LogP contribution is 2.28. The number of anilines is 1. The Kier molecular flexibility index (Phi) is 4.39. The number of rotatable bonds is 4. The lowest BCUT2D eigenvalue weighted by Gasteiger charge is -2.10. The molecule has 0 unspecified atom stereocenters. The molecule has 0 saturated heterocycles. The van der Waals surface area contributed by atoms with Crippen LogP contribution in [0.1, 0.15) is 5.56 Å². The molecule has 0 aliphatic heterocycles. The summed E-state index contributed by atoms with van der Waals surface area (Å²) in [6, 6.07) is 8.10. The number of methoxy groups -OCH3 is 1. The highest BCUT2D eigenvalue weighted by molar-refractivity contribution is 7.92. The molecule has 0 saturated carbocycles. The van der Waals surface area contributed by atoms with Gasteiger partial charge in [0.05, 0.1) is 22.7 Å². The molecule has 21 heavy (non-hydrogen) atoms. The zero-order valence-electron chi connectivity index (χ0n) is 11.4. The highest BCUT2D eigenvalue weighted by Gasteiger charge is 2.16. The summed E-state index contributed by atoms with van der Waals surface area (Å²) in [6.45, 7) is 1.50. The van der Waals surface area contributed by atoms with Crippen LogP contribution in [0.4, 0.5) is 10.1 Å². The minimum atomic E-state index is -3.81. The van der Waals surface area contributed by atoms with E-state index in [9.17, 15) is 12.8 Å². The minimum absolute atomic E-state index is 0.0201. The summed E-state index contributed by atoms with van der Waals surface area (Å²) in [5.41, 5.74) is 0.549. The van der Waals surface area contributed by atoms with Crippen molar-refractivity contribution in [1.82, 2.24) is 0 Å². The maximum absolute atomic E-state index is 13.2. The topological polar surface area (TPSA) is 55.4 Å². The number of benzene rings is 2. The van der Waals surface area contributed by atoms with Gasteiger partial charge >= 0.3 is 0 Å². The summed E-state index contributed by atoms with van der Waals surface area (Å²) in [5, 5.41) is 0.285. The molecule has 0 bridgehead atoms. The van der Waals surface area contributed by atoms with Crippen LogP contribution < -0.4 is 9.46 Å². The van der Waals surface area contributed by atoms with Gasteiger partial charge in [-0.05, 0) is 48.9 Å². The first kappa shape index (κ1) is 15.6. The van der Waals surface area contributed by atoms with Crippen LogP contribution in [-0.4, -0.2) is 15.5 Å². The summed E-state index contributed by atoms with van der Waals surface area (Å²) >= 11 is 5.94. The molecule has 4 nitrogen and oxygen atoms in total. The number of hydrogen-bond acceptors (Lipinski definition) is 3. The second-order valence-electron chi connectivity index (χ2n) is 4.37. The molecule has 2 aromatic carbocycles. The van der Waals surface area contributed by atoms with Crippen molar-refractivity contribution in [2.45, 2.75) is 11.8 Å². The predicted molar refractivity (Wildman–Crippen MR) is 79.9 cm³/mol. The van der Waals surface area contributed by atoms with Crippen LogP contribution in [0.15, 0.2) is 41.3 Å². The number of nitrogens with one attached hydrogen (secondary N) is 1. The number of hydrogen-bond donors (Lipinski definition) is 1. The third kappa shape index (κ3) is 3.46. The van der Waals surface area contributed by atoms with Gasteiger partial charge in [0.1, 0.15) is 11.6 Å². The molecule has 112 valence electrons. The summed E-state index contributed by atoms with van der Waals surface area (Å²) in [5.74, 6) is -0.0151. The standard InChI is InChI=1S/C14H13ClFNO3S/c1-9-7-11(4-5-13(9)16)21(18,19)17-10-3-6-14(20-2)12(15)8-10/h3-8,17H,1-2H3. The van der Waals surface area contributed by atoms with Gasteiger partial charge in [-0.2, -0.15) is 0 Å². The maximum Gasteiger partial charge on any atom is 0.261 e.